The Morgan fingerprint density at radius 1 is 0.944 bits per heavy atom. The molecule has 7 nitrogen and oxygen atoms in total. The SMILES string of the molecule is COc1ccc(C(=O)C2C(=O)C(=O)N(c3ccc(C4=NCCS4)cc3)C2c2ccccc2OC)cc1. The largest absolute Gasteiger partial charge is 0.497 e. The second-order valence-electron chi connectivity index (χ2n) is 8.38. The van der Waals surface area contributed by atoms with Crippen molar-refractivity contribution < 1.29 is 23.9 Å². The van der Waals surface area contributed by atoms with Crippen LogP contribution in [0.2, 0.25) is 0 Å². The van der Waals surface area contributed by atoms with Crippen LogP contribution >= 0.6 is 11.8 Å². The van der Waals surface area contributed by atoms with Gasteiger partial charge in [-0.1, -0.05) is 30.3 Å². The van der Waals surface area contributed by atoms with Crippen LogP contribution in [0.1, 0.15) is 27.5 Å². The van der Waals surface area contributed by atoms with E-state index in [1.807, 2.05) is 12.1 Å². The summed E-state index contributed by atoms with van der Waals surface area (Å²) in [5.41, 5.74) is 2.40. The van der Waals surface area contributed by atoms with Gasteiger partial charge < -0.3 is 9.47 Å². The maximum absolute atomic E-state index is 13.7. The summed E-state index contributed by atoms with van der Waals surface area (Å²) in [5.74, 6) is -1.09. The van der Waals surface area contributed by atoms with Crippen molar-refractivity contribution in [1.82, 2.24) is 0 Å². The summed E-state index contributed by atoms with van der Waals surface area (Å²) < 4.78 is 10.8. The van der Waals surface area contributed by atoms with Crippen LogP contribution in [0.15, 0.2) is 77.8 Å². The average Bonchev–Trinajstić information content (AvgIpc) is 3.55. The molecule has 8 heteroatoms. The number of para-hydroxylation sites is 1. The molecule has 3 aromatic carbocycles. The van der Waals surface area contributed by atoms with Crippen LogP contribution < -0.4 is 14.4 Å². The third-order valence-electron chi connectivity index (χ3n) is 6.40. The van der Waals surface area contributed by atoms with Crippen LogP contribution in [0.4, 0.5) is 5.69 Å². The summed E-state index contributed by atoms with van der Waals surface area (Å²) >= 11 is 1.69. The van der Waals surface area contributed by atoms with Crippen molar-refractivity contribution in [3.63, 3.8) is 0 Å². The van der Waals surface area contributed by atoms with E-state index in [2.05, 4.69) is 4.99 Å². The van der Waals surface area contributed by atoms with Crippen molar-refractivity contribution >= 4 is 40.0 Å². The van der Waals surface area contributed by atoms with Crippen LogP contribution in [-0.4, -0.2) is 49.0 Å². The van der Waals surface area contributed by atoms with Gasteiger partial charge in [-0.25, -0.2) is 0 Å². The van der Waals surface area contributed by atoms with E-state index in [-0.39, 0.29) is 0 Å². The van der Waals surface area contributed by atoms with Gasteiger partial charge in [0, 0.05) is 34.7 Å². The van der Waals surface area contributed by atoms with Gasteiger partial charge in [0.05, 0.1) is 25.3 Å². The minimum absolute atomic E-state index is 0.329. The van der Waals surface area contributed by atoms with Crippen LogP contribution in [0.25, 0.3) is 0 Å². The number of hydrogen-bond acceptors (Lipinski definition) is 7. The van der Waals surface area contributed by atoms with Gasteiger partial charge in [-0.15, -0.1) is 11.8 Å². The number of ether oxygens (including phenoxy) is 2. The lowest BCUT2D eigenvalue weighted by atomic mass is 9.86. The summed E-state index contributed by atoms with van der Waals surface area (Å²) in [6.07, 6.45) is 0. The lowest BCUT2D eigenvalue weighted by Crippen LogP contribution is -2.31. The molecule has 2 aliphatic heterocycles. The summed E-state index contributed by atoms with van der Waals surface area (Å²) in [6, 6.07) is 20.2. The maximum atomic E-state index is 13.7. The predicted molar refractivity (Wildman–Crippen MR) is 139 cm³/mol. The number of carbonyl (C=O) groups excluding carboxylic acids is 3. The number of Topliss-reactive ketones (excluding diaryl/α,β-unsaturated/α-hetero) is 2. The fourth-order valence-electron chi connectivity index (χ4n) is 4.65. The second kappa shape index (κ2) is 9.99. The van der Waals surface area contributed by atoms with E-state index in [0.29, 0.717) is 28.3 Å². The molecule has 1 saturated heterocycles. The minimum Gasteiger partial charge on any atom is -0.497 e. The van der Waals surface area contributed by atoms with Crippen molar-refractivity contribution in [2.24, 2.45) is 10.9 Å². The highest BCUT2D eigenvalue weighted by Crippen LogP contribution is 2.44. The van der Waals surface area contributed by atoms with Gasteiger partial charge in [0.25, 0.3) is 5.91 Å². The van der Waals surface area contributed by atoms with E-state index in [4.69, 9.17) is 9.47 Å². The Morgan fingerprint density at radius 2 is 1.67 bits per heavy atom. The predicted octanol–water partition coefficient (Wildman–Crippen LogP) is 4.35. The quantitative estimate of drug-likeness (QED) is 0.272. The van der Waals surface area contributed by atoms with Gasteiger partial charge >= 0.3 is 0 Å². The molecule has 2 atom stereocenters. The Balaban J connectivity index is 1.59. The molecule has 36 heavy (non-hydrogen) atoms. The number of anilines is 1. The number of nitrogens with zero attached hydrogens (tertiary/aromatic N) is 2. The third kappa shape index (κ3) is 4.18. The lowest BCUT2D eigenvalue weighted by molar-refractivity contribution is -0.135. The van der Waals surface area contributed by atoms with E-state index >= 15 is 0 Å². The number of rotatable bonds is 7. The molecule has 0 bridgehead atoms. The molecule has 5 rings (SSSR count). The molecular formula is C28H24N2O5S. The van der Waals surface area contributed by atoms with Crippen molar-refractivity contribution in [1.29, 1.82) is 0 Å². The van der Waals surface area contributed by atoms with Crippen LogP contribution in [0.5, 0.6) is 11.5 Å². The first-order valence-corrected chi connectivity index (χ1v) is 12.5. The molecule has 0 aliphatic carbocycles. The van der Waals surface area contributed by atoms with Crippen molar-refractivity contribution in [3.8, 4) is 11.5 Å². The summed E-state index contributed by atoms with van der Waals surface area (Å²) in [7, 11) is 3.06. The highest BCUT2D eigenvalue weighted by atomic mass is 32.2. The molecule has 2 heterocycles. The Labute approximate surface area is 213 Å². The molecule has 1 fully saturated rings. The van der Waals surface area contributed by atoms with Gasteiger partial charge in [-0.05, 0) is 42.5 Å². The van der Waals surface area contributed by atoms with Crippen molar-refractivity contribution in [3.05, 3.63) is 89.5 Å². The highest BCUT2D eigenvalue weighted by molar-refractivity contribution is 8.14. The molecule has 182 valence electrons. The Hall–Kier alpha value is -3.91. The Morgan fingerprint density at radius 3 is 2.31 bits per heavy atom. The summed E-state index contributed by atoms with van der Waals surface area (Å²) in [6.45, 7) is 0.784. The molecule has 0 spiro atoms. The first-order valence-electron chi connectivity index (χ1n) is 11.5. The molecule has 3 aromatic rings. The monoisotopic (exact) mass is 500 g/mol. The Bertz CT molecular complexity index is 1350. The number of hydrogen-bond donors (Lipinski definition) is 0. The van der Waals surface area contributed by atoms with E-state index in [1.54, 1.807) is 72.4 Å². The highest BCUT2D eigenvalue weighted by Gasteiger charge is 2.53. The molecule has 2 unspecified atom stereocenters. The fraction of sp³-hybridized carbons (Fsp3) is 0.214. The first-order chi connectivity index (χ1) is 17.5. The van der Waals surface area contributed by atoms with E-state index < -0.39 is 29.4 Å². The van der Waals surface area contributed by atoms with Gasteiger partial charge in [0.1, 0.15) is 17.4 Å². The fourth-order valence-corrected chi connectivity index (χ4v) is 5.51. The number of methoxy groups -OCH3 is 2. The first kappa shape index (κ1) is 23.8. The third-order valence-corrected chi connectivity index (χ3v) is 7.42. The number of aliphatic imine (C=N–C) groups is 1. The van der Waals surface area contributed by atoms with Crippen LogP contribution in [0.3, 0.4) is 0 Å². The maximum Gasteiger partial charge on any atom is 0.295 e. The molecule has 2 aliphatic rings. The van der Waals surface area contributed by atoms with Gasteiger partial charge in [0.2, 0.25) is 5.78 Å². The number of amides is 1. The van der Waals surface area contributed by atoms with E-state index in [0.717, 1.165) is 22.9 Å². The standard InChI is InChI=1S/C28H24N2O5S/c1-34-20-13-9-17(10-14-20)25(31)23-24(21-5-3-4-6-22(21)35-2)30(28(33)26(23)32)19-11-7-18(8-12-19)27-29-15-16-36-27/h3-14,23-24H,15-16H2,1-2H3. The summed E-state index contributed by atoms with van der Waals surface area (Å²) in [5, 5.41) is 0.958. The molecule has 1 amide bonds. The zero-order valence-corrected chi connectivity index (χ0v) is 20.7. The normalized spacial score (nSPS) is 19.4. The van der Waals surface area contributed by atoms with Crippen LogP contribution in [0, 0.1) is 5.92 Å². The Kier molecular flexibility index (Phi) is 6.61. The average molecular weight is 501 g/mol. The van der Waals surface area contributed by atoms with Crippen LogP contribution in [-0.2, 0) is 9.59 Å². The number of thioether (sulfide) groups is 1. The van der Waals surface area contributed by atoms with Gasteiger partial charge in [0.15, 0.2) is 5.78 Å². The second-order valence-corrected chi connectivity index (χ2v) is 9.46. The van der Waals surface area contributed by atoms with Gasteiger partial charge in [-0.3, -0.25) is 24.3 Å². The molecule has 0 saturated carbocycles. The van der Waals surface area contributed by atoms with Crippen molar-refractivity contribution in [2.75, 3.05) is 31.4 Å². The van der Waals surface area contributed by atoms with Gasteiger partial charge in [-0.2, -0.15) is 0 Å². The van der Waals surface area contributed by atoms with E-state index in [9.17, 15) is 14.4 Å². The molecule has 0 radical (unpaired) electrons. The molecule has 0 N–H and O–H groups in total. The number of benzene rings is 3. The minimum atomic E-state index is -1.23. The summed E-state index contributed by atoms with van der Waals surface area (Å²) in [4.78, 5) is 46.4. The number of carbonyl (C=O) groups is 3. The smallest absolute Gasteiger partial charge is 0.295 e. The molecular weight excluding hydrogens is 476 g/mol. The van der Waals surface area contributed by atoms with Crippen molar-refractivity contribution in [2.45, 2.75) is 6.04 Å². The zero-order chi connectivity index (χ0) is 25.2. The molecule has 0 aromatic heterocycles. The van der Waals surface area contributed by atoms with E-state index in [1.165, 1.54) is 19.1 Å². The topological polar surface area (TPSA) is 85.3 Å². The number of ketones is 2. The zero-order valence-electron chi connectivity index (χ0n) is 19.8. The lowest BCUT2D eigenvalue weighted by Gasteiger charge is -2.28.